The van der Waals surface area contributed by atoms with Crippen LogP contribution in [-0.4, -0.2) is 35.6 Å². The van der Waals surface area contributed by atoms with Gasteiger partial charge in [0.2, 0.25) is 0 Å². The van der Waals surface area contributed by atoms with Gasteiger partial charge in [-0.2, -0.15) is 0 Å². The van der Waals surface area contributed by atoms with Crippen LogP contribution in [0.4, 0.5) is 0 Å². The van der Waals surface area contributed by atoms with E-state index in [-0.39, 0.29) is 0 Å². The van der Waals surface area contributed by atoms with E-state index in [1.54, 1.807) is 0 Å². The van der Waals surface area contributed by atoms with Crippen molar-refractivity contribution in [2.24, 2.45) is 5.92 Å². The van der Waals surface area contributed by atoms with Crippen LogP contribution >= 0.6 is 0 Å². The molecule has 17 heavy (non-hydrogen) atoms. The van der Waals surface area contributed by atoms with Crippen LogP contribution in [0.2, 0.25) is 0 Å². The lowest BCUT2D eigenvalue weighted by atomic mass is 9.88. The van der Waals surface area contributed by atoms with Gasteiger partial charge in [-0.1, -0.05) is 20.3 Å². The van der Waals surface area contributed by atoms with E-state index in [1.165, 1.54) is 45.2 Å². The van der Waals surface area contributed by atoms with E-state index in [4.69, 9.17) is 0 Å². The van der Waals surface area contributed by atoms with Crippen LogP contribution in [0.5, 0.6) is 0 Å². The lowest BCUT2D eigenvalue weighted by Crippen LogP contribution is -2.65. The Morgan fingerprint density at radius 1 is 1.35 bits per heavy atom. The Balaban J connectivity index is 2.03. The first kappa shape index (κ1) is 13.4. The lowest BCUT2D eigenvalue weighted by molar-refractivity contribution is 0.0387. The number of nitrogens with zero attached hydrogens (tertiary/aromatic N) is 1. The van der Waals surface area contributed by atoms with Crippen LogP contribution in [0.1, 0.15) is 59.8 Å². The zero-order valence-electron chi connectivity index (χ0n) is 12.1. The van der Waals surface area contributed by atoms with Crippen LogP contribution in [0.3, 0.4) is 0 Å². The van der Waals surface area contributed by atoms with Crippen molar-refractivity contribution in [3.8, 4) is 0 Å². The van der Waals surface area contributed by atoms with E-state index in [0.29, 0.717) is 5.54 Å². The summed E-state index contributed by atoms with van der Waals surface area (Å²) in [5.74, 6) is 0.941. The van der Waals surface area contributed by atoms with Gasteiger partial charge < -0.3 is 5.32 Å². The van der Waals surface area contributed by atoms with Gasteiger partial charge in [-0.3, -0.25) is 4.90 Å². The fourth-order valence-electron chi connectivity index (χ4n) is 3.38. The number of piperazine rings is 1. The molecule has 1 N–H and O–H groups in total. The van der Waals surface area contributed by atoms with Crippen LogP contribution < -0.4 is 5.32 Å². The molecule has 1 heterocycles. The second kappa shape index (κ2) is 5.27. The Labute approximate surface area is 107 Å². The summed E-state index contributed by atoms with van der Waals surface area (Å²) in [6, 6.07) is 1.51. The smallest absolute Gasteiger partial charge is 0.0309 e. The quantitative estimate of drug-likeness (QED) is 0.792. The molecule has 1 saturated carbocycles. The molecule has 0 spiro atoms. The Kier molecular flexibility index (Phi) is 4.14. The van der Waals surface area contributed by atoms with Gasteiger partial charge in [-0.25, -0.2) is 0 Å². The van der Waals surface area contributed by atoms with Crippen LogP contribution in [0, 0.1) is 5.92 Å². The zero-order valence-corrected chi connectivity index (χ0v) is 12.1. The molecule has 2 aliphatic rings. The summed E-state index contributed by atoms with van der Waals surface area (Å²) in [5.41, 5.74) is 0.396. The van der Waals surface area contributed by atoms with Crippen LogP contribution in [0.15, 0.2) is 0 Å². The molecule has 100 valence electrons. The van der Waals surface area contributed by atoms with Crippen LogP contribution in [0.25, 0.3) is 0 Å². The minimum absolute atomic E-state index is 0.396. The minimum Gasteiger partial charge on any atom is -0.308 e. The third-order valence-electron chi connectivity index (χ3n) is 4.98. The average molecular weight is 238 g/mol. The molecular weight excluding hydrogens is 208 g/mol. The molecule has 2 rings (SSSR count). The summed E-state index contributed by atoms with van der Waals surface area (Å²) in [6.07, 6.45) is 6.81. The largest absolute Gasteiger partial charge is 0.308 e. The second-order valence-corrected chi connectivity index (χ2v) is 6.44. The third kappa shape index (κ3) is 2.85. The molecule has 0 aromatic carbocycles. The standard InChI is InChI=1S/C15H30N2/c1-5-7-14-10-16-15(4,13-8-9-13)11-17(14)12(3)6-2/h12-14,16H,5-11H2,1-4H3. The van der Waals surface area contributed by atoms with E-state index in [1.807, 2.05) is 0 Å². The van der Waals surface area contributed by atoms with Crippen molar-refractivity contribution in [2.75, 3.05) is 13.1 Å². The van der Waals surface area contributed by atoms with Crippen molar-refractivity contribution in [1.82, 2.24) is 10.2 Å². The van der Waals surface area contributed by atoms with Gasteiger partial charge >= 0.3 is 0 Å². The average Bonchev–Trinajstić information content (AvgIpc) is 3.15. The summed E-state index contributed by atoms with van der Waals surface area (Å²) in [4.78, 5) is 2.79. The fraction of sp³-hybridized carbons (Fsp3) is 1.00. The monoisotopic (exact) mass is 238 g/mol. The summed E-state index contributed by atoms with van der Waals surface area (Å²) in [5, 5.41) is 3.86. The molecule has 0 aromatic heterocycles. The first-order valence-electron chi connectivity index (χ1n) is 7.61. The van der Waals surface area contributed by atoms with E-state index >= 15 is 0 Å². The van der Waals surface area contributed by atoms with Gasteiger partial charge in [0.05, 0.1) is 0 Å². The maximum Gasteiger partial charge on any atom is 0.0309 e. The number of nitrogens with one attached hydrogen (secondary N) is 1. The Bertz CT molecular complexity index is 249. The predicted octanol–water partition coefficient (Wildman–Crippen LogP) is 3.03. The minimum atomic E-state index is 0.396. The normalized spacial score (nSPS) is 37.1. The number of hydrogen-bond donors (Lipinski definition) is 1. The van der Waals surface area contributed by atoms with Crippen molar-refractivity contribution in [3.63, 3.8) is 0 Å². The Morgan fingerprint density at radius 2 is 2.06 bits per heavy atom. The number of hydrogen-bond acceptors (Lipinski definition) is 2. The molecule has 3 unspecified atom stereocenters. The summed E-state index contributed by atoms with van der Waals surface area (Å²) in [7, 11) is 0. The highest BCUT2D eigenvalue weighted by Crippen LogP contribution is 2.42. The van der Waals surface area contributed by atoms with Gasteiger partial charge in [0.1, 0.15) is 0 Å². The van der Waals surface area contributed by atoms with E-state index in [9.17, 15) is 0 Å². The fourth-order valence-corrected chi connectivity index (χ4v) is 3.38. The summed E-state index contributed by atoms with van der Waals surface area (Å²) in [6.45, 7) is 11.9. The molecular formula is C15H30N2. The van der Waals surface area contributed by atoms with Crippen molar-refractivity contribution >= 4 is 0 Å². The predicted molar refractivity (Wildman–Crippen MR) is 74.3 cm³/mol. The highest BCUT2D eigenvalue weighted by molar-refractivity contribution is 5.04. The van der Waals surface area contributed by atoms with Crippen molar-refractivity contribution < 1.29 is 0 Å². The van der Waals surface area contributed by atoms with Gasteiger partial charge in [0.15, 0.2) is 0 Å². The molecule has 0 amide bonds. The topological polar surface area (TPSA) is 15.3 Å². The van der Waals surface area contributed by atoms with Crippen molar-refractivity contribution in [2.45, 2.75) is 77.4 Å². The lowest BCUT2D eigenvalue weighted by Gasteiger charge is -2.49. The second-order valence-electron chi connectivity index (χ2n) is 6.44. The first-order valence-corrected chi connectivity index (χ1v) is 7.61. The summed E-state index contributed by atoms with van der Waals surface area (Å²) < 4.78 is 0. The molecule has 2 fully saturated rings. The molecule has 1 aliphatic carbocycles. The molecule has 2 heteroatoms. The SMILES string of the molecule is CCCC1CNC(C)(C2CC2)CN1C(C)CC. The molecule has 0 aromatic rings. The van der Waals surface area contributed by atoms with Crippen LogP contribution in [-0.2, 0) is 0 Å². The maximum atomic E-state index is 3.86. The van der Waals surface area contributed by atoms with Gasteiger partial charge in [0.25, 0.3) is 0 Å². The first-order chi connectivity index (χ1) is 8.10. The molecule has 2 nitrogen and oxygen atoms in total. The number of rotatable bonds is 5. The molecule has 1 aliphatic heterocycles. The van der Waals surface area contributed by atoms with Gasteiger partial charge in [-0.05, 0) is 45.4 Å². The summed E-state index contributed by atoms with van der Waals surface area (Å²) >= 11 is 0. The van der Waals surface area contributed by atoms with Crippen molar-refractivity contribution in [3.05, 3.63) is 0 Å². The third-order valence-corrected chi connectivity index (χ3v) is 4.98. The highest BCUT2D eigenvalue weighted by atomic mass is 15.3. The maximum absolute atomic E-state index is 3.86. The highest BCUT2D eigenvalue weighted by Gasteiger charge is 2.46. The van der Waals surface area contributed by atoms with Crippen molar-refractivity contribution in [1.29, 1.82) is 0 Å². The van der Waals surface area contributed by atoms with Gasteiger partial charge in [0, 0.05) is 30.7 Å². The Morgan fingerprint density at radius 3 is 2.59 bits per heavy atom. The molecule has 0 radical (unpaired) electrons. The van der Waals surface area contributed by atoms with E-state index in [0.717, 1.165) is 18.0 Å². The Hall–Kier alpha value is -0.0800. The van der Waals surface area contributed by atoms with E-state index in [2.05, 4.69) is 37.9 Å². The molecule has 0 bridgehead atoms. The molecule has 3 atom stereocenters. The van der Waals surface area contributed by atoms with Gasteiger partial charge in [-0.15, -0.1) is 0 Å². The van der Waals surface area contributed by atoms with E-state index < -0.39 is 0 Å². The zero-order chi connectivity index (χ0) is 12.5. The molecule has 1 saturated heterocycles.